The van der Waals surface area contributed by atoms with Crippen LogP contribution in [0.25, 0.3) is 0 Å². The van der Waals surface area contributed by atoms with Crippen molar-refractivity contribution in [2.45, 2.75) is 10.6 Å². The Labute approximate surface area is 99.6 Å². The molecule has 0 bridgehead atoms. The van der Waals surface area contributed by atoms with Crippen molar-refractivity contribution < 1.29 is 13.5 Å². The van der Waals surface area contributed by atoms with E-state index in [1.807, 2.05) is 0 Å². The lowest BCUT2D eigenvalue weighted by Crippen LogP contribution is -2.26. The van der Waals surface area contributed by atoms with Gasteiger partial charge in [0.15, 0.2) is 0 Å². The standard InChI is InChI=1S/C10H13NO3S2/c1-3-7-11(2)16(13,14)10-5-4-9(15-10)6-8-12/h1,4-5,12H,6-8H2,2H3. The van der Waals surface area contributed by atoms with Gasteiger partial charge in [0.1, 0.15) is 4.21 Å². The van der Waals surface area contributed by atoms with Crippen LogP contribution >= 0.6 is 11.3 Å². The molecule has 88 valence electrons. The first kappa shape index (κ1) is 13.2. The summed E-state index contributed by atoms with van der Waals surface area (Å²) in [4.78, 5) is 0.843. The molecule has 0 fully saturated rings. The molecule has 6 heteroatoms. The van der Waals surface area contributed by atoms with Crippen LogP contribution in [0.5, 0.6) is 0 Å². The molecule has 0 aromatic carbocycles. The van der Waals surface area contributed by atoms with E-state index in [9.17, 15) is 8.42 Å². The molecule has 0 atom stereocenters. The minimum absolute atomic E-state index is 0.0141. The fraction of sp³-hybridized carbons (Fsp3) is 0.400. The molecule has 1 N–H and O–H groups in total. The first-order valence-corrected chi connectivity index (χ1v) is 6.87. The summed E-state index contributed by atoms with van der Waals surface area (Å²) in [7, 11) is -2.03. The van der Waals surface area contributed by atoms with E-state index in [-0.39, 0.29) is 17.4 Å². The van der Waals surface area contributed by atoms with Crippen molar-refractivity contribution in [3.63, 3.8) is 0 Å². The second-order valence-corrected chi connectivity index (χ2v) is 6.60. The van der Waals surface area contributed by atoms with Crippen molar-refractivity contribution >= 4 is 21.4 Å². The van der Waals surface area contributed by atoms with E-state index in [1.54, 1.807) is 6.07 Å². The van der Waals surface area contributed by atoms with E-state index >= 15 is 0 Å². The third-order valence-corrected chi connectivity index (χ3v) is 5.39. The fourth-order valence-electron chi connectivity index (χ4n) is 1.11. The third kappa shape index (κ3) is 2.83. The van der Waals surface area contributed by atoms with Gasteiger partial charge in [0.05, 0.1) is 6.54 Å². The highest BCUT2D eigenvalue weighted by Gasteiger charge is 2.21. The minimum Gasteiger partial charge on any atom is -0.396 e. The van der Waals surface area contributed by atoms with E-state index in [1.165, 1.54) is 13.1 Å². The lowest BCUT2D eigenvalue weighted by Gasteiger charge is -2.12. The lowest BCUT2D eigenvalue weighted by atomic mass is 10.4. The van der Waals surface area contributed by atoms with E-state index in [2.05, 4.69) is 5.92 Å². The number of rotatable bonds is 5. The van der Waals surface area contributed by atoms with Gasteiger partial charge in [-0.3, -0.25) is 0 Å². The Morgan fingerprint density at radius 2 is 2.25 bits per heavy atom. The summed E-state index contributed by atoms with van der Waals surface area (Å²) in [5, 5.41) is 8.75. The zero-order valence-electron chi connectivity index (χ0n) is 8.88. The zero-order valence-corrected chi connectivity index (χ0v) is 10.5. The van der Waals surface area contributed by atoms with Crippen LogP contribution in [-0.2, 0) is 16.4 Å². The van der Waals surface area contributed by atoms with Gasteiger partial charge in [-0.25, -0.2) is 8.42 Å². The Kier molecular flexibility index (Phi) is 4.50. The van der Waals surface area contributed by atoms with Crippen LogP contribution in [0.4, 0.5) is 0 Å². The molecule has 4 nitrogen and oxygen atoms in total. The molecule has 0 spiro atoms. The number of aliphatic hydroxyl groups excluding tert-OH is 1. The molecular weight excluding hydrogens is 246 g/mol. The molecule has 0 amide bonds. The monoisotopic (exact) mass is 259 g/mol. The lowest BCUT2D eigenvalue weighted by molar-refractivity contribution is 0.300. The zero-order chi connectivity index (χ0) is 12.2. The van der Waals surface area contributed by atoms with E-state index in [0.717, 1.165) is 20.5 Å². The van der Waals surface area contributed by atoms with Gasteiger partial charge in [-0.05, 0) is 12.1 Å². The second-order valence-electron chi connectivity index (χ2n) is 3.16. The van der Waals surface area contributed by atoms with E-state index < -0.39 is 10.0 Å². The molecule has 0 saturated carbocycles. The molecule has 0 unspecified atom stereocenters. The van der Waals surface area contributed by atoms with Gasteiger partial charge in [0.2, 0.25) is 0 Å². The molecule has 0 aliphatic heterocycles. The first-order valence-electron chi connectivity index (χ1n) is 4.61. The highest BCUT2D eigenvalue weighted by molar-refractivity contribution is 7.91. The van der Waals surface area contributed by atoms with Gasteiger partial charge in [0.25, 0.3) is 10.0 Å². The van der Waals surface area contributed by atoms with Crippen LogP contribution in [0.1, 0.15) is 4.88 Å². The first-order chi connectivity index (χ1) is 7.52. The molecule has 0 aliphatic carbocycles. The van der Waals surface area contributed by atoms with E-state index in [0.29, 0.717) is 6.42 Å². The van der Waals surface area contributed by atoms with Crippen molar-refractivity contribution in [2.24, 2.45) is 0 Å². The van der Waals surface area contributed by atoms with Crippen molar-refractivity contribution in [1.29, 1.82) is 0 Å². The summed E-state index contributed by atoms with van der Waals surface area (Å²) < 4.78 is 25.2. The summed E-state index contributed by atoms with van der Waals surface area (Å²) >= 11 is 1.16. The Hall–Kier alpha value is -0.870. The quantitative estimate of drug-likeness (QED) is 0.785. The average molecular weight is 259 g/mol. The number of aliphatic hydroxyl groups is 1. The van der Waals surface area contributed by atoms with Crippen LogP contribution in [0.3, 0.4) is 0 Å². The van der Waals surface area contributed by atoms with Gasteiger partial charge in [-0.2, -0.15) is 4.31 Å². The second kappa shape index (κ2) is 5.46. The normalized spacial score (nSPS) is 11.6. The molecule has 0 radical (unpaired) electrons. The maximum Gasteiger partial charge on any atom is 0.253 e. The maximum atomic E-state index is 11.9. The average Bonchev–Trinajstić information content (AvgIpc) is 2.68. The largest absolute Gasteiger partial charge is 0.396 e. The molecular formula is C10H13NO3S2. The predicted molar refractivity (Wildman–Crippen MR) is 63.8 cm³/mol. The highest BCUT2D eigenvalue weighted by atomic mass is 32.2. The van der Waals surface area contributed by atoms with Crippen molar-refractivity contribution in [3.8, 4) is 12.3 Å². The Morgan fingerprint density at radius 3 is 2.81 bits per heavy atom. The number of hydrogen-bond donors (Lipinski definition) is 1. The molecule has 16 heavy (non-hydrogen) atoms. The maximum absolute atomic E-state index is 11.9. The number of thiophene rings is 1. The van der Waals surface area contributed by atoms with Gasteiger partial charge >= 0.3 is 0 Å². The van der Waals surface area contributed by atoms with Gasteiger partial charge < -0.3 is 5.11 Å². The summed E-state index contributed by atoms with van der Waals surface area (Å²) in [5.41, 5.74) is 0. The fourth-order valence-corrected chi connectivity index (χ4v) is 3.75. The number of terminal acetylenes is 1. The molecule has 1 aromatic heterocycles. The van der Waals surface area contributed by atoms with Gasteiger partial charge in [0, 0.05) is 25.0 Å². The van der Waals surface area contributed by atoms with Crippen molar-refractivity contribution in [1.82, 2.24) is 4.31 Å². The van der Waals surface area contributed by atoms with Crippen LogP contribution in [0.2, 0.25) is 0 Å². The van der Waals surface area contributed by atoms with Crippen LogP contribution in [0.15, 0.2) is 16.3 Å². The summed E-state index contributed by atoms with van der Waals surface area (Å²) in [6.07, 6.45) is 5.54. The van der Waals surface area contributed by atoms with Crippen molar-refractivity contribution in [3.05, 3.63) is 17.0 Å². The summed E-state index contributed by atoms with van der Waals surface area (Å²) in [6, 6.07) is 3.25. The summed E-state index contributed by atoms with van der Waals surface area (Å²) in [5.74, 6) is 2.29. The number of nitrogens with zero attached hydrogens (tertiary/aromatic N) is 1. The van der Waals surface area contributed by atoms with E-state index in [4.69, 9.17) is 11.5 Å². The predicted octanol–water partition coefficient (Wildman–Crippen LogP) is 0.537. The molecule has 1 aromatic rings. The van der Waals surface area contributed by atoms with Crippen LogP contribution in [0, 0.1) is 12.3 Å². The van der Waals surface area contributed by atoms with Crippen LogP contribution < -0.4 is 0 Å². The number of sulfonamides is 1. The topological polar surface area (TPSA) is 57.6 Å². The van der Waals surface area contributed by atoms with Crippen LogP contribution in [-0.4, -0.2) is 38.0 Å². The Bertz CT molecular complexity index is 484. The van der Waals surface area contributed by atoms with Gasteiger partial charge in [-0.15, -0.1) is 17.8 Å². The molecule has 1 heterocycles. The SMILES string of the molecule is C#CCN(C)S(=O)(=O)c1ccc(CCO)s1. The third-order valence-electron chi connectivity index (χ3n) is 1.97. The summed E-state index contributed by atoms with van der Waals surface area (Å²) in [6.45, 7) is 0.0652. The molecule has 0 saturated heterocycles. The number of hydrogen-bond acceptors (Lipinski definition) is 4. The minimum atomic E-state index is -3.47. The smallest absolute Gasteiger partial charge is 0.253 e. The van der Waals surface area contributed by atoms with Crippen molar-refractivity contribution in [2.75, 3.05) is 20.2 Å². The molecule has 1 rings (SSSR count). The Morgan fingerprint density at radius 1 is 1.56 bits per heavy atom. The highest BCUT2D eigenvalue weighted by Crippen LogP contribution is 2.24. The molecule has 0 aliphatic rings. The Balaban J connectivity index is 2.95. The van der Waals surface area contributed by atoms with Gasteiger partial charge in [-0.1, -0.05) is 5.92 Å².